The van der Waals surface area contributed by atoms with Gasteiger partial charge in [0.15, 0.2) is 0 Å². The predicted molar refractivity (Wildman–Crippen MR) is 193 cm³/mol. The summed E-state index contributed by atoms with van der Waals surface area (Å²) >= 11 is 0. The molecular weight excluding hydrogens is 590 g/mol. The van der Waals surface area contributed by atoms with Crippen molar-refractivity contribution in [2.45, 2.75) is 52.6 Å². The normalized spacial score (nSPS) is 15.2. The van der Waals surface area contributed by atoms with Crippen molar-refractivity contribution in [3.63, 3.8) is 0 Å². The molecule has 6 heteroatoms. The van der Waals surface area contributed by atoms with Crippen LogP contribution in [-0.2, 0) is 9.59 Å². The summed E-state index contributed by atoms with van der Waals surface area (Å²) in [6.45, 7) is 8.66. The van der Waals surface area contributed by atoms with Crippen molar-refractivity contribution in [3.8, 4) is 0 Å². The molecule has 2 N–H and O–H groups in total. The van der Waals surface area contributed by atoms with Gasteiger partial charge < -0.3 is 10.6 Å². The summed E-state index contributed by atoms with van der Waals surface area (Å²) in [7, 11) is -1.35. The lowest BCUT2D eigenvalue weighted by atomic mass is 9.99. The van der Waals surface area contributed by atoms with Gasteiger partial charge in [-0.15, -0.1) is 0 Å². The minimum absolute atomic E-state index is 0.0424. The van der Waals surface area contributed by atoms with E-state index in [4.69, 9.17) is 0 Å². The molecule has 1 aliphatic rings. The Balaban J connectivity index is 1.31. The third-order valence-corrected chi connectivity index (χ3v) is 14.1. The van der Waals surface area contributed by atoms with Gasteiger partial charge in [0.05, 0.1) is 0 Å². The van der Waals surface area contributed by atoms with E-state index in [9.17, 15) is 9.59 Å². The Morgan fingerprint density at radius 2 is 0.800 bits per heavy atom. The largest absolute Gasteiger partial charge is 0.352 e. The van der Waals surface area contributed by atoms with Crippen LogP contribution < -0.4 is 31.9 Å². The molecule has 45 heavy (non-hydrogen) atoms. The Morgan fingerprint density at radius 1 is 0.533 bits per heavy atom. The smallest absolute Gasteiger partial charge is 0.235 e. The fourth-order valence-corrected chi connectivity index (χ4v) is 11.1. The van der Waals surface area contributed by atoms with Crippen LogP contribution in [0.3, 0.4) is 0 Å². The number of benzene rings is 4. The Kier molecular flexibility index (Phi) is 11.2. The average Bonchev–Trinajstić information content (AvgIpc) is 3.89. The van der Waals surface area contributed by atoms with Gasteiger partial charge >= 0.3 is 0 Å². The maximum Gasteiger partial charge on any atom is 0.235 e. The van der Waals surface area contributed by atoms with Gasteiger partial charge in [-0.2, -0.15) is 0 Å². The van der Waals surface area contributed by atoms with E-state index in [1.165, 1.54) is 21.2 Å². The molecule has 4 nitrogen and oxygen atoms in total. The first-order valence-corrected chi connectivity index (χ1v) is 19.2. The van der Waals surface area contributed by atoms with Gasteiger partial charge in [0.1, 0.15) is 5.41 Å². The van der Waals surface area contributed by atoms with Crippen molar-refractivity contribution in [2.24, 2.45) is 17.3 Å². The molecule has 0 spiro atoms. The van der Waals surface area contributed by atoms with Crippen molar-refractivity contribution in [1.82, 2.24) is 10.6 Å². The van der Waals surface area contributed by atoms with Crippen LogP contribution in [0.4, 0.5) is 0 Å². The Hall–Kier alpha value is -3.32. The highest BCUT2D eigenvalue weighted by atomic mass is 31.1. The molecular formula is C39H46N2O2P2. The van der Waals surface area contributed by atoms with Crippen molar-refractivity contribution in [2.75, 3.05) is 12.3 Å². The number of hydrogen-bond acceptors (Lipinski definition) is 2. The minimum Gasteiger partial charge on any atom is -0.352 e. The third-order valence-electron chi connectivity index (χ3n) is 8.89. The number of amides is 2. The Morgan fingerprint density at radius 3 is 1.02 bits per heavy atom. The molecule has 1 aliphatic carbocycles. The van der Waals surface area contributed by atoms with E-state index in [0.29, 0.717) is 12.8 Å². The molecule has 0 aromatic heterocycles. The van der Waals surface area contributed by atoms with Crippen LogP contribution >= 0.6 is 15.8 Å². The highest BCUT2D eigenvalue weighted by Crippen LogP contribution is 2.47. The monoisotopic (exact) mass is 636 g/mol. The van der Waals surface area contributed by atoms with Gasteiger partial charge in [-0.05, 0) is 74.1 Å². The van der Waals surface area contributed by atoms with Crippen molar-refractivity contribution in [1.29, 1.82) is 0 Å². The van der Waals surface area contributed by atoms with E-state index < -0.39 is 21.3 Å². The van der Waals surface area contributed by atoms with E-state index in [0.717, 1.165) is 12.3 Å². The first kappa shape index (κ1) is 33.1. The van der Waals surface area contributed by atoms with Crippen LogP contribution in [0.15, 0.2) is 121 Å². The number of nitrogens with one attached hydrogen (secondary N) is 2. The summed E-state index contributed by atoms with van der Waals surface area (Å²) < 4.78 is 0. The molecule has 2 atom stereocenters. The molecule has 234 valence electrons. The van der Waals surface area contributed by atoms with Gasteiger partial charge in [0, 0.05) is 12.1 Å². The van der Waals surface area contributed by atoms with Gasteiger partial charge in [-0.1, -0.05) is 149 Å². The second-order valence-electron chi connectivity index (χ2n) is 12.8. The Bertz CT molecular complexity index is 1320. The zero-order valence-electron chi connectivity index (χ0n) is 26.9. The summed E-state index contributed by atoms with van der Waals surface area (Å²) in [5.74, 6) is 0.222. The topological polar surface area (TPSA) is 58.2 Å². The highest BCUT2D eigenvalue weighted by molar-refractivity contribution is 7.73. The molecule has 1 fully saturated rings. The summed E-state index contributed by atoms with van der Waals surface area (Å²) in [6.07, 6.45) is 2.85. The van der Waals surface area contributed by atoms with Gasteiger partial charge in [-0.25, -0.2) is 0 Å². The molecule has 0 heterocycles. The van der Waals surface area contributed by atoms with Gasteiger partial charge in [-0.3, -0.25) is 9.59 Å². The van der Waals surface area contributed by atoms with Crippen LogP contribution in [0.5, 0.6) is 0 Å². The van der Waals surface area contributed by atoms with Crippen molar-refractivity contribution >= 4 is 48.9 Å². The molecule has 0 bridgehead atoms. The summed E-state index contributed by atoms with van der Waals surface area (Å²) in [4.78, 5) is 28.0. The lowest BCUT2D eigenvalue weighted by Crippen LogP contribution is -2.52. The molecule has 1 saturated carbocycles. The summed E-state index contributed by atoms with van der Waals surface area (Å²) in [5, 5.41) is 12.0. The van der Waals surface area contributed by atoms with E-state index in [1.54, 1.807) is 0 Å². The van der Waals surface area contributed by atoms with Gasteiger partial charge in [0.2, 0.25) is 11.8 Å². The first-order valence-electron chi connectivity index (χ1n) is 16.2. The SMILES string of the molecule is CC(C)[C@@H](CP(c1ccccc1)c1ccccc1)NC(=O)C1(C(=O)N[C@H](CP(c2ccccc2)c2ccccc2)C(C)C)CC1. The van der Waals surface area contributed by atoms with Crippen LogP contribution in [0, 0.1) is 17.3 Å². The molecule has 5 rings (SSSR count). The molecule has 4 aromatic carbocycles. The second-order valence-corrected chi connectivity index (χ2v) is 17.3. The lowest BCUT2D eigenvalue weighted by Gasteiger charge is -2.31. The van der Waals surface area contributed by atoms with Crippen LogP contribution in [0.25, 0.3) is 0 Å². The number of rotatable bonds is 14. The zero-order valence-corrected chi connectivity index (χ0v) is 28.7. The third kappa shape index (κ3) is 8.29. The molecule has 0 radical (unpaired) electrons. The van der Waals surface area contributed by atoms with Crippen molar-refractivity contribution < 1.29 is 9.59 Å². The molecule has 0 aliphatic heterocycles. The van der Waals surface area contributed by atoms with Crippen LogP contribution in [0.1, 0.15) is 40.5 Å². The van der Waals surface area contributed by atoms with E-state index in [2.05, 4.69) is 135 Å². The predicted octanol–water partition coefficient (Wildman–Crippen LogP) is 6.31. The highest BCUT2D eigenvalue weighted by Gasteiger charge is 2.57. The number of hydrogen-bond donors (Lipinski definition) is 2. The molecule has 0 saturated heterocycles. The molecule has 0 unspecified atom stereocenters. The fourth-order valence-electron chi connectivity index (χ4n) is 5.69. The summed E-state index contributed by atoms with van der Waals surface area (Å²) in [5.41, 5.74) is -0.981. The zero-order chi connectivity index (χ0) is 31.8. The van der Waals surface area contributed by atoms with E-state index in [-0.39, 0.29) is 35.7 Å². The average molecular weight is 637 g/mol. The minimum atomic E-state index is -0.981. The standard InChI is InChI=1S/C39H46N2O2P2/c1-29(2)35(27-44(31-17-9-5-10-18-31)32-19-11-6-12-20-32)40-37(42)39(25-26-39)38(43)41-36(30(3)4)28-45(33-21-13-7-14-22-33)34-23-15-8-16-24-34/h5-24,29-30,35-36H,25-28H2,1-4H3,(H,40,42)(H,41,43)/t35-,36-/m1/s1. The van der Waals surface area contributed by atoms with Gasteiger partial charge in [0.25, 0.3) is 0 Å². The maximum atomic E-state index is 14.0. The van der Waals surface area contributed by atoms with Crippen molar-refractivity contribution in [3.05, 3.63) is 121 Å². The lowest BCUT2D eigenvalue weighted by molar-refractivity contribution is -0.138. The summed E-state index contributed by atoms with van der Waals surface area (Å²) in [6, 6.07) is 42.4. The maximum absolute atomic E-state index is 14.0. The Labute approximate surface area is 271 Å². The number of carbonyl (C=O) groups is 2. The van der Waals surface area contributed by atoms with E-state index in [1.807, 2.05) is 24.3 Å². The number of carbonyl (C=O) groups excluding carboxylic acids is 2. The van der Waals surface area contributed by atoms with Crippen LogP contribution in [0.2, 0.25) is 0 Å². The molecule has 4 aromatic rings. The van der Waals surface area contributed by atoms with E-state index >= 15 is 0 Å². The van der Waals surface area contributed by atoms with Crippen LogP contribution in [-0.4, -0.2) is 36.2 Å². The second kappa shape index (κ2) is 15.3. The molecule has 2 amide bonds. The first-order chi connectivity index (χ1) is 21.8. The quantitative estimate of drug-likeness (QED) is 0.126. The fraction of sp³-hybridized carbons (Fsp3) is 0.333.